The van der Waals surface area contributed by atoms with Gasteiger partial charge in [-0.15, -0.1) is 0 Å². The van der Waals surface area contributed by atoms with E-state index in [1.807, 2.05) is 18.2 Å². The van der Waals surface area contributed by atoms with Gasteiger partial charge in [0.2, 0.25) is 0 Å². The number of para-hydroxylation sites is 2. The monoisotopic (exact) mass is 407 g/mol. The van der Waals surface area contributed by atoms with Crippen LogP contribution >= 0.6 is 0 Å². The van der Waals surface area contributed by atoms with Crippen LogP contribution in [0.25, 0.3) is 27.8 Å². The van der Waals surface area contributed by atoms with Crippen LogP contribution in [0.1, 0.15) is 36.8 Å². The number of nitrogens with one attached hydrogen (secondary N) is 1. The molecule has 2 aromatic carbocycles. The average molecular weight is 408 g/mol. The lowest BCUT2D eigenvalue weighted by Gasteiger charge is -2.31. The summed E-state index contributed by atoms with van der Waals surface area (Å²) in [5.41, 5.74) is 6.68. The molecule has 6 rings (SSSR count). The van der Waals surface area contributed by atoms with E-state index in [1.54, 1.807) is 0 Å². The first-order chi connectivity index (χ1) is 15.3. The van der Waals surface area contributed by atoms with Gasteiger partial charge in [-0.25, -0.2) is 4.98 Å². The van der Waals surface area contributed by atoms with Gasteiger partial charge in [0, 0.05) is 18.2 Å². The fourth-order valence-corrected chi connectivity index (χ4v) is 5.05. The average Bonchev–Trinajstić information content (AvgIpc) is 3.36. The fraction of sp³-hybridized carbons (Fsp3) is 0.308. The highest BCUT2D eigenvalue weighted by atomic mass is 15.3. The minimum Gasteiger partial charge on any atom is -0.342 e. The molecule has 4 aromatic rings. The summed E-state index contributed by atoms with van der Waals surface area (Å²) in [5.74, 6) is 1.15. The number of hydrogen-bond donors (Lipinski definition) is 1. The van der Waals surface area contributed by atoms with Crippen molar-refractivity contribution in [1.82, 2.24) is 14.7 Å². The second-order valence-corrected chi connectivity index (χ2v) is 8.73. The normalized spacial score (nSPS) is 18.7. The number of pyridine rings is 1. The molecule has 1 saturated carbocycles. The first kappa shape index (κ1) is 18.4. The molecule has 1 atom stereocenters. The maximum atomic E-state index is 10.1. The van der Waals surface area contributed by atoms with Gasteiger partial charge >= 0.3 is 0 Å². The third kappa shape index (κ3) is 2.90. The Kier molecular flexibility index (Phi) is 4.22. The maximum Gasteiger partial charge on any atom is 0.157 e. The SMILES string of the molecule is Cc1c(-c2ccccc2)c(N2CCC[C@H]2NC2CC2)n2c(nc3ccccc32)c1C#N. The molecule has 2 aromatic heterocycles. The van der Waals surface area contributed by atoms with E-state index in [4.69, 9.17) is 4.98 Å². The third-order valence-electron chi connectivity index (χ3n) is 6.67. The van der Waals surface area contributed by atoms with Crippen molar-refractivity contribution in [2.24, 2.45) is 0 Å². The van der Waals surface area contributed by atoms with Crippen LogP contribution in [0.2, 0.25) is 0 Å². The summed E-state index contributed by atoms with van der Waals surface area (Å²) in [6.07, 6.45) is 5.15. The van der Waals surface area contributed by atoms with E-state index >= 15 is 0 Å². The van der Waals surface area contributed by atoms with E-state index < -0.39 is 0 Å². The van der Waals surface area contributed by atoms with E-state index in [9.17, 15) is 5.26 Å². The zero-order chi connectivity index (χ0) is 20.9. The summed E-state index contributed by atoms with van der Waals surface area (Å²) in [6, 6.07) is 21.8. The van der Waals surface area contributed by atoms with Crippen molar-refractivity contribution >= 4 is 22.5 Å². The molecule has 2 aliphatic rings. The van der Waals surface area contributed by atoms with Crippen molar-refractivity contribution < 1.29 is 0 Å². The van der Waals surface area contributed by atoms with Gasteiger partial charge < -0.3 is 4.90 Å². The van der Waals surface area contributed by atoms with Crippen LogP contribution in [0.5, 0.6) is 0 Å². The zero-order valence-corrected chi connectivity index (χ0v) is 17.7. The number of anilines is 1. The topological polar surface area (TPSA) is 56.4 Å². The van der Waals surface area contributed by atoms with Crippen molar-refractivity contribution in [3.05, 3.63) is 65.7 Å². The maximum absolute atomic E-state index is 10.1. The third-order valence-corrected chi connectivity index (χ3v) is 6.67. The number of aromatic nitrogens is 2. The lowest BCUT2D eigenvalue weighted by atomic mass is 9.97. The van der Waals surface area contributed by atoms with Gasteiger partial charge in [-0.05, 0) is 55.9 Å². The molecule has 1 aliphatic carbocycles. The number of fused-ring (bicyclic) bond motifs is 3. The smallest absolute Gasteiger partial charge is 0.157 e. The molecule has 1 N–H and O–H groups in total. The van der Waals surface area contributed by atoms with Crippen molar-refractivity contribution in [1.29, 1.82) is 5.26 Å². The van der Waals surface area contributed by atoms with Gasteiger partial charge in [-0.1, -0.05) is 42.5 Å². The molecule has 0 bridgehead atoms. The highest BCUT2D eigenvalue weighted by Crippen LogP contribution is 2.41. The molecule has 0 amide bonds. The van der Waals surface area contributed by atoms with E-state index in [0.29, 0.717) is 17.8 Å². The van der Waals surface area contributed by atoms with Crippen molar-refractivity contribution in [2.45, 2.75) is 44.8 Å². The minimum absolute atomic E-state index is 0.312. The van der Waals surface area contributed by atoms with Gasteiger partial charge in [0.25, 0.3) is 0 Å². The van der Waals surface area contributed by atoms with Gasteiger partial charge in [-0.2, -0.15) is 5.26 Å². The molecular weight excluding hydrogens is 382 g/mol. The Morgan fingerprint density at radius 2 is 1.81 bits per heavy atom. The summed E-state index contributed by atoms with van der Waals surface area (Å²) in [7, 11) is 0. The van der Waals surface area contributed by atoms with Crippen molar-refractivity contribution in [2.75, 3.05) is 11.4 Å². The Labute approximate surface area is 181 Å². The molecule has 31 heavy (non-hydrogen) atoms. The Hall–Kier alpha value is -3.36. The summed E-state index contributed by atoms with van der Waals surface area (Å²) < 4.78 is 2.23. The Morgan fingerprint density at radius 1 is 1.03 bits per heavy atom. The first-order valence-corrected chi connectivity index (χ1v) is 11.2. The number of nitrogens with zero attached hydrogens (tertiary/aromatic N) is 4. The molecule has 154 valence electrons. The molecular formula is C26H25N5. The Balaban J connectivity index is 1.72. The van der Waals surface area contributed by atoms with E-state index in [0.717, 1.165) is 58.6 Å². The van der Waals surface area contributed by atoms with Crippen LogP contribution in [0.15, 0.2) is 54.6 Å². The number of hydrogen-bond acceptors (Lipinski definition) is 4. The summed E-state index contributed by atoms with van der Waals surface area (Å²) >= 11 is 0. The number of benzene rings is 2. The second-order valence-electron chi connectivity index (χ2n) is 8.73. The summed E-state index contributed by atoms with van der Waals surface area (Å²) in [6.45, 7) is 3.07. The summed E-state index contributed by atoms with van der Waals surface area (Å²) in [5, 5.41) is 14.0. The van der Waals surface area contributed by atoms with E-state index in [1.165, 1.54) is 12.8 Å². The second kappa shape index (κ2) is 7.11. The highest BCUT2D eigenvalue weighted by molar-refractivity contribution is 5.92. The Morgan fingerprint density at radius 3 is 2.58 bits per heavy atom. The fourth-order valence-electron chi connectivity index (χ4n) is 5.05. The highest BCUT2D eigenvalue weighted by Gasteiger charge is 2.35. The predicted molar refractivity (Wildman–Crippen MR) is 124 cm³/mol. The van der Waals surface area contributed by atoms with Crippen LogP contribution < -0.4 is 10.2 Å². The predicted octanol–water partition coefficient (Wildman–Crippen LogP) is 5.01. The number of rotatable bonds is 4. The largest absolute Gasteiger partial charge is 0.342 e. The molecule has 3 heterocycles. The van der Waals surface area contributed by atoms with E-state index in [-0.39, 0.29) is 0 Å². The number of imidazole rings is 1. The first-order valence-electron chi connectivity index (χ1n) is 11.2. The van der Waals surface area contributed by atoms with Crippen LogP contribution in [-0.2, 0) is 0 Å². The van der Waals surface area contributed by atoms with Crippen LogP contribution in [0, 0.1) is 18.3 Å². The number of nitriles is 1. The van der Waals surface area contributed by atoms with Crippen LogP contribution in [-0.4, -0.2) is 28.1 Å². The lowest BCUT2D eigenvalue weighted by molar-refractivity contribution is 0.519. The molecule has 1 aliphatic heterocycles. The van der Waals surface area contributed by atoms with Gasteiger partial charge in [0.05, 0.1) is 22.8 Å². The summed E-state index contributed by atoms with van der Waals surface area (Å²) in [4.78, 5) is 7.43. The Bertz CT molecular complexity index is 1330. The molecule has 0 unspecified atom stereocenters. The van der Waals surface area contributed by atoms with Crippen LogP contribution in [0.4, 0.5) is 5.82 Å². The van der Waals surface area contributed by atoms with E-state index in [2.05, 4.69) is 64.0 Å². The van der Waals surface area contributed by atoms with Gasteiger partial charge in [0.15, 0.2) is 5.65 Å². The zero-order valence-electron chi connectivity index (χ0n) is 17.7. The van der Waals surface area contributed by atoms with Crippen LogP contribution in [0.3, 0.4) is 0 Å². The minimum atomic E-state index is 0.312. The molecule has 0 spiro atoms. The standard InChI is InChI=1S/C26H25N5/c1-17-20(16-27)25-29-21-10-5-6-11-22(21)31(25)26(24(17)18-8-3-2-4-9-18)30-15-7-12-23(30)28-19-13-14-19/h2-6,8-11,19,23,28H,7,12-15H2,1H3/t23-/m0/s1. The van der Waals surface area contributed by atoms with Crippen molar-refractivity contribution in [3.63, 3.8) is 0 Å². The van der Waals surface area contributed by atoms with Gasteiger partial charge in [-0.3, -0.25) is 9.72 Å². The molecule has 2 fully saturated rings. The lowest BCUT2D eigenvalue weighted by Crippen LogP contribution is -2.43. The molecule has 1 saturated heterocycles. The van der Waals surface area contributed by atoms with Crippen molar-refractivity contribution in [3.8, 4) is 17.2 Å². The van der Waals surface area contributed by atoms with Gasteiger partial charge in [0.1, 0.15) is 11.9 Å². The quantitative estimate of drug-likeness (QED) is 0.516. The molecule has 0 radical (unpaired) electrons. The molecule has 5 nitrogen and oxygen atoms in total. The molecule has 5 heteroatoms.